The third kappa shape index (κ3) is 3.33. The third-order valence-electron chi connectivity index (χ3n) is 2.59. The molecule has 3 nitrogen and oxygen atoms in total. The number of hydrogen-bond acceptors (Lipinski definition) is 2. The van der Waals surface area contributed by atoms with Crippen LogP contribution in [0.5, 0.6) is 0 Å². The molecule has 0 unspecified atom stereocenters. The molecule has 0 atom stereocenters. The zero-order chi connectivity index (χ0) is 12.3. The molecule has 0 aromatic heterocycles. The van der Waals surface area contributed by atoms with Crippen molar-refractivity contribution in [1.82, 2.24) is 5.32 Å². The van der Waals surface area contributed by atoms with Crippen molar-refractivity contribution in [1.29, 1.82) is 0 Å². The largest absolute Gasteiger partial charge is 0.349 e. The molecule has 0 radical (unpaired) electrons. The lowest BCUT2D eigenvalue weighted by molar-refractivity contribution is 0.0951. The van der Waals surface area contributed by atoms with Crippen molar-refractivity contribution in [2.75, 3.05) is 6.54 Å². The quantitative estimate of drug-likeness (QED) is 0.747. The summed E-state index contributed by atoms with van der Waals surface area (Å²) in [5.74, 6) is 5.74. The van der Waals surface area contributed by atoms with Gasteiger partial charge in [0.05, 0.1) is 6.54 Å². The Kier molecular flexibility index (Phi) is 3.46. The molecule has 1 saturated carbocycles. The Labute approximate surface area is 101 Å². The van der Waals surface area contributed by atoms with Crippen LogP contribution in [0.15, 0.2) is 18.2 Å². The molecule has 2 rings (SSSR count). The summed E-state index contributed by atoms with van der Waals surface area (Å²) >= 11 is 0. The van der Waals surface area contributed by atoms with Crippen LogP contribution in [0.4, 0.5) is 0 Å². The molecule has 17 heavy (non-hydrogen) atoms. The molecule has 3 heteroatoms. The van der Waals surface area contributed by atoms with E-state index < -0.39 is 0 Å². The van der Waals surface area contributed by atoms with Gasteiger partial charge < -0.3 is 11.1 Å². The lowest BCUT2D eigenvalue weighted by atomic mass is 10.1. The number of aryl methyl sites for hydroxylation is 1. The van der Waals surface area contributed by atoms with E-state index >= 15 is 0 Å². The summed E-state index contributed by atoms with van der Waals surface area (Å²) in [5, 5.41) is 2.97. The van der Waals surface area contributed by atoms with Crippen molar-refractivity contribution in [2.24, 2.45) is 5.73 Å². The number of nitrogens with two attached hydrogens (primary N) is 1. The van der Waals surface area contributed by atoms with Gasteiger partial charge in [-0.15, -0.1) is 0 Å². The van der Waals surface area contributed by atoms with E-state index in [1.807, 2.05) is 25.1 Å². The third-order valence-corrected chi connectivity index (χ3v) is 2.59. The van der Waals surface area contributed by atoms with Crippen LogP contribution >= 0.6 is 0 Å². The van der Waals surface area contributed by atoms with Crippen LogP contribution in [-0.4, -0.2) is 18.5 Å². The van der Waals surface area contributed by atoms with Crippen LogP contribution in [0, 0.1) is 18.8 Å². The Morgan fingerprint density at radius 2 is 2.24 bits per heavy atom. The van der Waals surface area contributed by atoms with Crippen molar-refractivity contribution in [3.63, 3.8) is 0 Å². The fourth-order valence-corrected chi connectivity index (χ4v) is 1.64. The summed E-state index contributed by atoms with van der Waals surface area (Å²) in [6.07, 6.45) is 2.19. The van der Waals surface area contributed by atoms with Gasteiger partial charge in [0.1, 0.15) is 0 Å². The molecule has 1 aliphatic rings. The highest BCUT2D eigenvalue weighted by molar-refractivity contribution is 5.95. The van der Waals surface area contributed by atoms with E-state index in [0.717, 1.165) is 24.0 Å². The molecule has 3 N–H and O–H groups in total. The molecule has 1 aromatic rings. The average molecular weight is 228 g/mol. The fourth-order valence-electron chi connectivity index (χ4n) is 1.64. The molecule has 1 aliphatic carbocycles. The number of hydrogen-bond donors (Lipinski definition) is 2. The van der Waals surface area contributed by atoms with Crippen LogP contribution in [-0.2, 0) is 0 Å². The second kappa shape index (κ2) is 5.03. The second-order valence-electron chi connectivity index (χ2n) is 4.34. The first-order valence-electron chi connectivity index (χ1n) is 5.80. The highest BCUT2D eigenvalue weighted by Gasteiger charge is 2.23. The Bertz CT molecular complexity index is 493. The minimum Gasteiger partial charge on any atom is -0.349 e. The van der Waals surface area contributed by atoms with E-state index in [4.69, 9.17) is 5.73 Å². The monoisotopic (exact) mass is 228 g/mol. The zero-order valence-corrected chi connectivity index (χ0v) is 9.92. The first-order chi connectivity index (χ1) is 8.19. The predicted molar refractivity (Wildman–Crippen MR) is 67.6 cm³/mol. The maximum absolute atomic E-state index is 11.9. The summed E-state index contributed by atoms with van der Waals surface area (Å²) in [6.45, 7) is 2.29. The van der Waals surface area contributed by atoms with E-state index in [1.54, 1.807) is 0 Å². The van der Waals surface area contributed by atoms with Gasteiger partial charge in [-0.2, -0.15) is 0 Å². The van der Waals surface area contributed by atoms with Gasteiger partial charge in [0.25, 0.3) is 5.91 Å². The van der Waals surface area contributed by atoms with Gasteiger partial charge in [-0.3, -0.25) is 4.79 Å². The summed E-state index contributed by atoms with van der Waals surface area (Å²) in [6, 6.07) is 6.02. The van der Waals surface area contributed by atoms with Gasteiger partial charge >= 0.3 is 0 Å². The number of carbonyl (C=O) groups is 1. The minimum absolute atomic E-state index is 0.00741. The summed E-state index contributed by atoms with van der Waals surface area (Å²) in [7, 11) is 0. The van der Waals surface area contributed by atoms with E-state index in [0.29, 0.717) is 18.2 Å². The van der Waals surface area contributed by atoms with Crippen molar-refractivity contribution < 1.29 is 4.79 Å². The molecule has 1 aromatic carbocycles. The number of carbonyl (C=O) groups excluding carboxylic acids is 1. The lowest BCUT2D eigenvalue weighted by Crippen LogP contribution is -2.25. The lowest BCUT2D eigenvalue weighted by Gasteiger charge is -2.05. The van der Waals surface area contributed by atoms with Gasteiger partial charge in [-0.05, 0) is 43.5 Å². The van der Waals surface area contributed by atoms with Crippen molar-refractivity contribution in [3.8, 4) is 11.8 Å². The SMILES string of the molecule is Cc1cc(C#CCN)cc(C(=O)NC2CC2)c1. The van der Waals surface area contributed by atoms with Crippen molar-refractivity contribution in [3.05, 3.63) is 34.9 Å². The standard InChI is InChI=1S/C14H16N2O/c1-10-7-11(3-2-6-15)9-12(8-10)14(17)16-13-4-5-13/h7-9,13H,4-6,15H2,1H3,(H,16,17). The normalized spacial score (nSPS) is 13.8. The van der Waals surface area contributed by atoms with Crippen molar-refractivity contribution in [2.45, 2.75) is 25.8 Å². The number of nitrogens with one attached hydrogen (secondary N) is 1. The second-order valence-corrected chi connectivity index (χ2v) is 4.34. The van der Waals surface area contributed by atoms with Crippen LogP contribution in [0.3, 0.4) is 0 Å². The number of amides is 1. The number of rotatable bonds is 2. The summed E-state index contributed by atoms with van der Waals surface area (Å²) < 4.78 is 0. The average Bonchev–Trinajstić information content (AvgIpc) is 3.09. The van der Waals surface area contributed by atoms with E-state index in [2.05, 4.69) is 17.2 Å². The van der Waals surface area contributed by atoms with Gasteiger partial charge in [-0.25, -0.2) is 0 Å². The van der Waals surface area contributed by atoms with Gasteiger partial charge in [0.2, 0.25) is 0 Å². The first-order valence-corrected chi connectivity index (χ1v) is 5.80. The van der Waals surface area contributed by atoms with E-state index in [9.17, 15) is 4.79 Å². The van der Waals surface area contributed by atoms with Crippen LogP contribution in [0.2, 0.25) is 0 Å². The predicted octanol–water partition coefficient (Wildman–Crippen LogP) is 1.20. The van der Waals surface area contributed by atoms with E-state index in [1.165, 1.54) is 0 Å². The smallest absolute Gasteiger partial charge is 0.251 e. The highest BCUT2D eigenvalue weighted by Crippen LogP contribution is 2.19. The Morgan fingerprint density at radius 1 is 1.47 bits per heavy atom. The topological polar surface area (TPSA) is 55.1 Å². The van der Waals surface area contributed by atoms with Gasteiger partial charge in [-0.1, -0.05) is 11.8 Å². The van der Waals surface area contributed by atoms with Crippen LogP contribution in [0.25, 0.3) is 0 Å². The summed E-state index contributed by atoms with van der Waals surface area (Å²) in [4.78, 5) is 11.9. The molecule has 1 fully saturated rings. The summed E-state index contributed by atoms with van der Waals surface area (Å²) in [5.41, 5.74) is 7.89. The highest BCUT2D eigenvalue weighted by atomic mass is 16.1. The molecule has 1 amide bonds. The molecular formula is C14H16N2O. The fraction of sp³-hybridized carbons (Fsp3) is 0.357. The Morgan fingerprint density at radius 3 is 2.88 bits per heavy atom. The molecule has 0 bridgehead atoms. The zero-order valence-electron chi connectivity index (χ0n) is 9.92. The molecular weight excluding hydrogens is 212 g/mol. The molecule has 0 spiro atoms. The Hall–Kier alpha value is -1.79. The first kappa shape index (κ1) is 11.7. The molecule has 0 aliphatic heterocycles. The minimum atomic E-state index is -0.00741. The number of benzene rings is 1. The Balaban J connectivity index is 2.20. The molecule has 0 saturated heterocycles. The van der Waals surface area contributed by atoms with Gasteiger partial charge in [0.15, 0.2) is 0 Å². The van der Waals surface area contributed by atoms with Gasteiger partial charge in [0, 0.05) is 17.2 Å². The van der Waals surface area contributed by atoms with E-state index in [-0.39, 0.29) is 5.91 Å². The van der Waals surface area contributed by atoms with Crippen molar-refractivity contribution >= 4 is 5.91 Å². The molecule has 88 valence electrons. The van der Waals surface area contributed by atoms with Crippen LogP contribution in [0.1, 0.15) is 34.3 Å². The maximum Gasteiger partial charge on any atom is 0.251 e. The maximum atomic E-state index is 11.9. The molecule has 0 heterocycles. The van der Waals surface area contributed by atoms with Crippen LogP contribution < -0.4 is 11.1 Å².